The van der Waals surface area contributed by atoms with Crippen molar-refractivity contribution in [2.24, 2.45) is 17.6 Å². The van der Waals surface area contributed by atoms with Gasteiger partial charge in [-0.2, -0.15) is 0 Å². The van der Waals surface area contributed by atoms with Crippen LogP contribution in [0.1, 0.15) is 57.9 Å². The molecule has 0 amide bonds. The van der Waals surface area contributed by atoms with Crippen molar-refractivity contribution in [3.8, 4) is 0 Å². The molecule has 0 aliphatic heterocycles. The molecule has 1 heteroatoms. The van der Waals surface area contributed by atoms with E-state index in [0.29, 0.717) is 0 Å². The van der Waals surface area contributed by atoms with Crippen molar-refractivity contribution in [2.45, 2.75) is 63.3 Å². The van der Waals surface area contributed by atoms with E-state index in [-0.39, 0.29) is 11.0 Å². The summed E-state index contributed by atoms with van der Waals surface area (Å²) in [5.74, 6) is 1.56. The van der Waals surface area contributed by atoms with Gasteiger partial charge in [0.25, 0.3) is 0 Å². The third kappa shape index (κ3) is 1.64. The van der Waals surface area contributed by atoms with Gasteiger partial charge in [-0.1, -0.05) is 57.0 Å². The second-order valence-electron chi connectivity index (χ2n) is 6.59. The first-order valence-corrected chi connectivity index (χ1v) is 8.05. The molecule has 3 rings (SSSR count). The fourth-order valence-electron chi connectivity index (χ4n) is 5.16. The molecule has 0 heterocycles. The van der Waals surface area contributed by atoms with Crippen LogP contribution >= 0.6 is 0 Å². The summed E-state index contributed by atoms with van der Waals surface area (Å²) in [6.07, 6.45) is 7.82. The highest BCUT2D eigenvalue weighted by Crippen LogP contribution is 2.66. The molecule has 1 aromatic rings. The number of hydrogen-bond donors (Lipinski definition) is 1. The average Bonchev–Trinajstić information content (AvgIpc) is 3.10. The first-order valence-electron chi connectivity index (χ1n) is 8.05. The summed E-state index contributed by atoms with van der Waals surface area (Å²) in [7, 11) is 0. The number of hydrogen-bond acceptors (Lipinski definition) is 1. The van der Waals surface area contributed by atoms with Crippen LogP contribution in [-0.4, -0.2) is 5.54 Å². The zero-order valence-electron chi connectivity index (χ0n) is 12.4. The maximum absolute atomic E-state index is 7.03. The molecule has 0 bridgehead atoms. The van der Waals surface area contributed by atoms with Crippen LogP contribution in [0, 0.1) is 11.8 Å². The van der Waals surface area contributed by atoms with Gasteiger partial charge in [-0.25, -0.2) is 0 Å². The van der Waals surface area contributed by atoms with E-state index < -0.39 is 0 Å². The summed E-state index contributed by atoms with van der Waals surface area (Å²) in [4.78, 5) is 0. The van der Waals surface area contributed by atoms with Crippen LogP contribution < -0.4 is 5.73 Å². The van der Waals surface area contributed by atoms with Crippen molar-refractivity contribution in [2.75, 3.05) is 0 Å². The van der Waals surface area contributed by atoms with Gasteiger partial charge >= 0.3 is 0 Å². The van der Waals surface area contributed by atoms with Crippen molar-refractivity contribution in [3.05, 3.63) is 35.9 Å². The highest BCUT2D eigenvalue weighted by atomic mass is 15.0. The third-order valence-electron chi connectivity index (χ3n) is 6.25. The Kier molecular flexibility index (Phi) is 3.21. The van der Waals surface area contributed by atoms with Crippen molar-refractivity contribution < 1.29 is 0 Å². The van der Waals surface area contributed by atoms with Crippen molar-refractivity contribution in [3.63, 3.8) is 0 Å². The van der Waals surface area contributed by atoms with Crippen LogP contribution in [0.3, 0.4) is 0 Å². The molecule has 104 valence electrons. The Morgan fingerprint density at radius 3 is 2.05 bits per heavy atom. The third-order valence-corrected chi connectivity index (χ3v) is 6.25. The largest absolute Gasteiger partial charge is 0.324 e. The molecular formula is C18H27N. The second-order valence-corrected chi connectivity index (χ2v) is 6.59. The van der Waals surface area contributed by atoms with E-state index in [1.807, 2.05) is 0 Å². The summed E-state index contributed by atoms with van der Waals surface area (Å²) in [6, 6.07) is 11.1. The molecule has 0 aromatic heterocycles. The lowest BCUT2D eigenvalue weighted by Crippen LogP contribution is -2.50. The first kappa shape index (κ1) is 13.2. The van der Waals surface area contributed by atoms with Gasteiger partial charge in [0.15, 0.2) is 0 Å². The van der Waals surface area contributed by atoms with E-state index in [4.69, 9.17) is 5.73 Å². The Balaban J connectivity index is 2.02. The van der Waals surface area contributed by atoms with Crippen LogP contribution in [0.25, 0.3) is 0 Å². The number of rotatable bonds is 4. The summed E-state index contributed by atoms with van der Waals surface area (Å²) >= 11 is 0. The molecule has 2 aliphatic rings. The fraction of sp³-hybridized carbons (Fsp3) is 0.667. The highest BCUT2D eigenvalue weighted by molar-refractivity contribution is 5.38. The lowest BCUT2D eigenvalue weighted by atomic mass is 9.67. The molecule has 2 saturated carbocycles. The quantitative estimate of drug-likeness (QED) is 0.857. The lowest BCUT2D eigenvalue weighted by Gasteiger charge is -2.40. The zero-order chi connectivity index (χ0) is 13.5. The van der Waals surface area contributed by atoms with Crippen molar-refractivity contribution >= 4 is 0 Å². The molecule has 2 fully saturated rings. The predicted molar refractivity (Wildman–Crippen MR) is 81.1 cm³/mol. The molecule has 2 aliphatic carbocycles. The summed E-state index contributed by atoms with van der Waals surface area (Å²) in [6.45, 7) is 4.66. The fourth-order valence-corrected chi connectivity index (χ4v) is 5.16. The normalized spacial score (nSPS) is 33.8. The van der Waals surface area contributed by atoms with Gasteiger partial charge in [-0.15, -0.1) is 0 Å². The standard InChI is InChI=1S/C18H27N/c1-3-17(4-2,14-10-6-5-7-11-14)18(19)15-12-8-9-13-16(15)18/h5-7,10-11,15-16H,3-4,8-9,12-13,19H2,1-2H3. The van der Waals surface area contributed by atoms with Crippen LogP contribution in [0.4, 0.5) is 0 Å². The van der Waals surface area contributed by atoms with Crippen LogP contribution in [-0.2, 0) is 5.41 Å². The Morgan fingerprint density at radius 2 is 1.58 bits per heavy atom. The molecule has 0 radical (unpaired) electrons. The Morgan fingerprint density at radius 1 is 1.05 bits per heavy atom. The molecule has 2 unspecified atom stereocenters. The van der Waals surface area contributed by atoms with Gasteiger partial charge in [0.1, 0.15) is 0 Å². The van der Waals surface area contributed by atoms with E-state index in [1.165, 1.54) is 31.2 Å². The Bertz CT molecular complexity index is 420. The Hall–Kier alpha value is -0.820. The van der Waals surface area contributed by atoms with Gasteiger partial charge in [0, 0.05) is 11.0 Å². The minimum atomic E-state index is 0.0638. The summed E-state index contributed by atoms with van der Waals surface area (Å²) < 4.78 is 0. The van der Waals surface area contributed by atoms with E-state index in [2.05, 4.69) is 44.2 Å². The molecule has 2 N–H and O–H groups in total. The Labute approximate surface area is 117 Å². The lowest BCUT2D eigenvalue weighted by molar-refractivity contribution is 0.269. The monoisotopic (exact) mass is 257 g/mol. The first-order chi connectivity index (χ1) is 9.20. The highest BCUT2D eigenvalue weighted by Gasteiger charge is 2.70. The smallest absolute Gasteiger partial charge is 0.0316 e. The molecule has 1 aromatic carbocycles. The van der Waals surface area contributed by atoms with E-state index in [9.17, 15) is 0 Å². The van der Waals surface area contributed by atoms with Gasteiger partial charge in [0.2, 0.25) is 0 Å². The zero-order valence-corrected chi connectivity index (χ0v) is 12.4. The molecular weight excluding hydrogens is 230 g/mol. The van der Waals surface area contributed by atoms with Gasteiger partial charge in [-0.3, -0.25) is 0 Å². The van der Waals surface area contributed by atoms with Crippen LogP contribution in [0.5, 0.6) is 0 Å². The van der Waals surface area contributed by atoms with E-state index in [1.54, 1.807) is 0 Å². The minimum absolute atomic E-state index is 0.0638. The van der Waals surface area contributed by atoms with Crippen LogP contribution in [0.15, 0.2) is 30.3 Å². The van der Waals surface area contributed by atoms with E-state index >= 15 is 0 Å². The van der Waals surface area contributed by atoms with E-state index in [0.717, 1.165) is 24.7 Å². The summed E-state index contributed by atoms with van der Waals surface area (Å²) in [5.41, 5.74) is 8.75. The van der Waals surface area contributed by atoms with Crippen LogP contribution in [0.2, 0.25) is 0 Å². The molecule has 2 atom stereocenters. The maximum atomic E-state index is 7.03. The molecule has 1 nitrogen and oxygen atoms in total. The molecule has 0 saturated heterocycles. The molecule has 0 spiro atoms. The molecule has 19 heavy (non-hydrogen) atoms. The number of fused-ring (bicyclic) bond motifs is 1. The van der Waals surface area contributed by atoms with Crippen molar-refractivity contribution in [1.82, 2.24) is 0 Å². The number of benzene rings is 1. The number of nitrogens with two attached hydrogens (primary N) is 1. The second kappa shape index (κ2) is 4.63. The maximum Gasteiger partial charge on any atom is 0.0316 e. The topological polar surface area (TPSA) is 26.0 Å². The average molecular weight is 257 g/mol. The SMILES string of the molecule is CCC(CC)(c1ccccc1)C1(N)C2CCCCC21. The van der Waals surface area contributed by atoms with Gasteiger partial charge in [-0.05, 0) is 43.1 Å². The predicted octanol–water partition coefficient (Wildman–Crippen LogP) is 4.26. The minimum Gasteiger partial charge on any atom is -0.324 e. The van der Waals surface area contributed by atoms with Gasteiger partial charge < -0.3 is 5.73 Å². The van der Waals surface area contributed by atoms with Crippen molar-refractivity contribution in [1.29, 1.82) is 0 Å². The summed E-state index contributed by atoms with van der Waals surface area (Å²) in [5, 5.41) is 0. The van der Waals surface area contributed by atoms with Gasteiger partial charge in [0.05, 0.1) is 0 Å².